The van der Waals surface area contributed by atoms with E-state index >= 15 is 0 Å². The predicted molar refractivity (Wildman–Crippen MR) is 62.8 cm³/mol. The van der Waals surface area contributed by atoms with Crippen LogP contribution in [0.2, 0.25) is 0 Å². The first-order chi connectivity index (χ1) is 8.43. The van der Waals surface area contributed by atoms with E-state index in [1.807, 2.05) is 0 Å². The fourth-order valence-electron chi connectivity index (χ4n) is 2.35. The third-order valence-electron chi connectivity index (χ3n) is 3.36. The lowest BCUT2D eigenvalue weighted by atomic mass is 9.85. The SMILES string of the molecule is NCCCCC(=O)NC1CCCC(C(F)(F)F)C1. The standard InChI is InChI=1S/C12H21F3N2O/c13-12(14,15)9-4-3-5-10(8-9)17-11(18)6-1-2-7-16/h9-10H,1-8,16H2,(H,17,18). The molecule has 1 rings (SSSR count). The molecule has 0 aromatic rings. The molecule has 1 fully saturated rings. The summed E-state index contributed by atoms with van der Waals surface area (Å²) in [6.45, 7) is 0.535. The lowest BCUT2D eigenvalue weighted by molar-refractivity contribution is -0.184. The van der Waals surface area contributed by atoms with Gasteiger partial charge < -0.3 is 11.1 Å². The van der Waals surface area contributed by atoms with Crippen molar-refractivity contribution in [2.75, 3.05) is 6.54 Å². The summed E-state index contributed by atoms with van der Waals surface area (Å²) in [6.07, 6.45) is -0.948. The minimum Gasteiger partial charge on any atom is -0.353 e. The molecule has 0 aliphatic heterocycles. The highest BCUT2D eigenvalue weighted by Crippen LogP contribution is 2.37. The smallest absolute Gasteiger partial charge is 0.353 e. The first-order valence-electron chi connectivity index (χ1n) is 6.49. The van der Waals surface area contributed by atoms with Gasteiger partial charge in [0.1, 0.15) is 0 Å². The molecule has 1 aliphatic carbocycles. The normalized spacial score (nSPS) is 24.9. The van der Waals surface area contributed by atoms with E-state index in [4.69, 9.17) is 5.73 Å². The van der Waals surface area contributed by atoms with Crippen LogP contribution in [0.25, 0.3) is 0 Å². The van der Waals surface area contributed by atoms with Crippen LogP contribution in [0.1, 0.15) is 44.9 Å². The third-order valence-corrected chi connectivity index (χ3v) is 3.36. The van der Waals surface area contributed by atoms with Crippen molar-refractivity contribution in [2.24, 2.45) is 11.7 Å². The van der Waals surface area contributed by atoms with Gasteiger partial charge in [0.05, 0.1) is 5.92 Å². The summed E-state index contributed by atoms with van der Waals surface area (Å²) < 4.78 is 37.7. The summed E-state index contributed by atoms with van der Waals surface area (Å²) >= 11 is 0. The number of hydrogen-bond acceptors (Lipinski definition) is 2. The molecule has 3 N–H and O–H groups in total. The molecular formula is C12H21F3N2O. The summed E-state index contributed by atoms with van der Waals surface area (Å²) in [5, 5.41) is 2.70. The number of unbranched alkanes of at least 4 members (excludes halogenated alkanes) is 1. The molecule has 6 heteroatoms. The zero-order valence-corrected chi connectivity index (χ0v) is 10.4. The van der Waals surface area contributed by atoms with Gasteiger partial charge in [-0.15, -0.1) is 0 Å². The number of halogens is 3. The molecule has 1 amide bonds. The second kappa shape index (κ2) is 6.97. The maximum absolute atomic E-state index is 12.6. The molecule has 2 unspecified atom stereocenters. The van der Waals surface area contributed by atoms with Crippen molar-refractivity contribution in [1.29, 1.82) is 0 Å². The maximum atomic E-state index is 12.6. The van der Waals surface area contributed by atoms with Gasteiger partial charge in [0.15, 0.2) is 0 Å². The Bertz CT molecular complexity index is 269. The number of carbonyl (C=O) groups excluding carboxylic acids is 1. The number of carbonyl (C=O) groups is 1. The van der Waals surface area contributed by atoms with E-state index in [2.05, 4.69) is 5.32 Å². The van der Waals surface area contributed by atoms with Crippen LogP contribution in [-0.4, -0.2) is 24.7 Å². The van der Waals surface area contributed by atoms with Crippen LogP contribution < -0.4 is 11.1 Å². The molecule has 0 heterocycles. The van der Waals surface area contributed by atoms with E-state index in [0.717, 1.165) is 6.42 Å². The van der Waals surface area contributed by atoms with Crippen LogP contribution in [0, 0.1) is 5.92 Å². The molecule has 0 radical (unpaired) electrons. The van der Waals surface area contributed by atoms with Crippen LogP contribution in [0.3, 0.4) is 0 Å². The fourth-order valence-corrected chi connectivity index (χ4v) is 2.35. The zero-order valence-electron chi connectivity index (χ0n) is 10.4. The molecule has 0 saturated heterocycles. The van der Waals surface area contributed by atoms with Crippen molar-refractivity contribution in [2.45, 2.75) is 57.2 Å². The Morgan fingerprint density at radius 3 is 2.61 bits per heavy atom. The van der Waals surface area contributed by atoms with Gasteiger partial charge in [0.25, 0.3) is 0 Å². The van der Waals surface area contributed by atoms with Gasteiger partial charge in [-0.05, 0) is 38.6 Å². The largest absolute Gasteiger partial charge is 0.391 e. The molecule has 0 spiro atoms. The summed E-state index contributed by atoms with van der Waals surface area (Å²) in [5.41, 5.74) is 5.31. The second-order valence-corrected chi connectivity index (χ2v) is 4.92. The fraction of sp³-hybridized carbons (Fsp3) is 0.917. The Morgan fingerprint density at radius 1 is 1.28 bits per heavy atom. The van der Waals surface area contributed by atoms with E-state index in [0.29, 0.717) is 32.2 Å². The molecule has 0 bridgehead atoms. The van der Waals surface area contributed by atoms with Gasteiger partial charge in [-0.2, -0.15) is 13.2 Å². The lowest BCUT2D eigenvalue weighted by Gasteiger charge is -2.31. The lowest BCUT2D eigenvalue weighted by Crippen LogP contribution is -2.41. The Balaban J connectivity index is 2.31. The minimum absolute atomic E-state index is 0.0200. The molecule has 3 nitrogen and oxygen atoms in total. The first kappa shape index (κ1) is 15.3. The average Bonchev–Trinajstić information content (AvgIpc) is 2.28. The van der Waals surface area contributed by atoms with Crippen LogP contribution in [0.4, 0.5) is 13.2 Å². The molecule has 0 aromatic heterocycles. The summed E-state index contributed by atoms with van der Waals surface area (Å²) in [4.78, 5) is 11.5. The molecule has 1 saturated carbocycles. The Labute approximate surface area is 105 Å². The van der Waals surface area contributed by atoms with E-state index in [1.54, 1.807) is 0 Å². The average molecular weight is 266 g/mol. The topological polar surface area (TPSA) is 55.1 Å². The van der Waals surface area contributed by atoms with Gasteiger partial charge in [0, 0.05) is 12.5 Å². The number of alkyl halides is 3. The molecule has 18 heavy (non-hydrogen) atoms. The van der Waals surface area contributed by atoms with Crippen molar-refractivity contribution in [3.05, 3.63) is 0 Å². The molecule has 2 atom stereocenters. The van der Waals surface area contributed by atoms with Crippen LogP contribution in [-0.2, 0) is 4.79 Å². The number of hydrogen-bond donors (Lipinski definition) is 2. The quantitative estimate of drug-likeness (QED) is 0.750. The number of rotatable bonds is 5. The van der Waals surface area contributed by atoms with Crippen molar-refractivity contribution in [3.63, 3.8) is 0 Å². The van der Waals surface area contributed by atoms with E-state index in [-0.39, 0.29) is 24.8 Å². The minimum atomic E-state index is -4.14. The third kappa shape index (κ3) is 5.25. The molecule has 106 valence electrons. The highest BCUT2D eigenvalue weighted by atomic mass is 19.4. The summed E-state index contributed by atoms with van der Waals surface area (Å²) in [6, 6.07) is -0.323. The summed E-state index contributed by atoms with van der Waals surface area (Å²) in [5.74, 6) is -1.42. The Hall–Kier alpha value is -0.780. The number of nitrogens with two attached hydrogens (primary N) is 1. The Kier molecular flexibility index (Phi) is 5.91. The number of amides is 1. The summed E-state index contributed by atoms with van der Waals surface area (Å²) in [7, 11) is 0. The monoisotopic (exact) mass is 266 g/mol. The first-order valence-corrected chi connectivity index (χ1v) is 6.49. The van der Waals surface area contributed by atoms with Crippen LogP contribution >= 0.6 is 0 Å². The van der Waals surface area contributed by atoms with E-state index in [9.17, 15) is 18.0 Å². The second-order valence-electron chi connectivity index (χ2n) is 4.92. The van der Waals surface area contributed by atoms with Gasteiger partial charge in [-0.3, -0.25) is 4.79 Å². The van der Waals surface area contributed by atoms with Crippen molar-refractivity contribution >= 4 is 5.91 Å². The molecular weight excluding hydrogens is 245 g/mol. The zero-order chi connectivity index (χ0) is 13.6. The van der Waals surface area contributed by atoms with Gasteiger partial charge >= 0.3 is 6.18 Å². The van der Waals surface area contributed by atoms with E-state index < -0.39 is 12.1 Å². The van der Waals surface area contributed by atoms with Gasteiger partial charge in [-0.25, -0.2) is 0 Å². The predicted octanol–water partition coefficient (Wildman–Crippen LogP) is 2.35. The van der Waals surface area contributed by atoms with Crippen molar-refractivity contribution in [3.8, 4) is 0 Å². The highest BCUT2D eigenvalue weighted by molar-refractivity contribution is 5.76. The van der Waals surface area contributed by atoms with E-state index in [1.165, 1.54) is 0 Å². The molecule has 1 aliphatic rings. The Morgan fingerprint density at radius 2 is 2.00 bits per heavy atom. The highest BCUT2D eigenvalue weighted by Gasteiger charge is 2.42. The van der Waals surface area contributed by atoms with Crippen molar-refractivity contribution in [1.82, 2.24) is 5.32 Å². The molecule has 0 aromatic carbocycles. The van der Waals surface area contributed by atoms with Crippen LogP contribution in [0.5, 0.6) is 0 Å². The number of nitrogens with one attached hydrogen (secondary N) is 1. The van der Waals surface area contributed by atoms with Crippen molar-refractivity contribution < 1.29 is 18.0 Å². The van der Waals surface area contributed by atoms with Gasteiger partial charge in [0.2, 0.25) is 5.91 Å². The van der Waals surface area contributed by atoms with Gasteiger partial charge in [-0.1, -0.05) is 6.42 Å². The maximum Gasteiger partial charge on any atom is 0.391 e. The van der Waals surface area contributed by atoms with Crippen LogP contribution in [0.15, 0.2) is 0 Å².